The third kappa shape index (κ3) is 6.31. The molecule has 0 unspecified atom stereocenters. The highest BCUT2D eigenvalue weighted by Crippen LogP contribution is 2.21. The summed E-state index contributed by atoms with van der Waals surface area (Å²) in [5.74, 6) is 1.15. The third-order valence-electron chi connectivity index (χ3n) is 4.20. The van der Waals surface area contributed by atoms with Crippen molar-refractivity contribution < 1.29 is 18.7 Å². The number of hydrogen-bond donors (Lipinski definition) is 1. The fourth-order valence-corrected chi connectivity index (χ4v) is 2.77. The summed E-state index contributed by atoms with van der Waals surface area (Å²) in [6.07, 6.45) is 2.61. The number of aryl methyl sites for hydroxylation is 1. The van der Waals surface area contributed by atoms with Crippen LogP contribution in [0.1, 0.15) is 24.5 Å². The van der Waals surface area contributed by atoms with Crippen LogP contribution < -0.4 is 14.8 Å². The number of carbonyl (C=O) groups excluding carboxylic acids is 1. The number of nitrogens with one attached hydrogen (secondary N) is 1. The molecule has 0 aliphatic rings. The molecule has 1 amide bonds. The van der Waals surface area contributed by atoms with Crippen LogP contribution in [0.5, 0.6) is 17.4 Å². The zero-order chi connectivity index (χ0) is 20.5. The maximum atomic E-state index is 13.2. The van der Waals surface area contributed by atoms with Gasteiger partial charge in [0, 0.05) is 31.3 Å². The second-order valence-corrected chi connectivity index (χ2v) is 6.38. The number of benzene rings is 2. The standard InChI is InChI=1S/C23H23FN2O3/c1-2-28-21-9-4-3-6-18(21)11-12-22(27)25-15-17-10-13-23(26-16-17)29-20-8-5-7-19(24)14-20/h3-10,13-14,16H,2,11-12,15H2,1H3,(H,25,27). The van der Waals surface area contributed by atoms with E-state index >= 15 is 0 Å². The summed E-state index contributed by atoms with van der Waals surface area (Å²) >= 11 is 0. The molecule has 0 aliphatic heterocycles. The van der Waals surface area contributed by atoms with Crippen molar-refractivity contribution in [3.05, 3.63) is 83.8 Å². The lowest BCUT2D eigenvalue weighted by Gasteiger charge is -2.10. The van der Waals surface area contributed by atoms with E-state index in [-0.39, 0.29) is 11.7 Å². The number of rotatable bonds is 9. The van der Waals surface area contributed by atoms with E-state index in [0.29, 0.717) is 37.6 Å². The molecule has 150 valence electrons. The summed E-state index contributed by atoms with van der Waals surface area (Å²) in [5.41, 5.74) is 1.87. The zero-order valence-corrected chi connectivity index (χ0v) is 16.2. The Morgan fingerprint density at radius 3 is 2.72 bits per heavy atom. The van der Waals surface area contributed by atoms with E-state index in [1.165, 1.54) is 12.1 Å². The van der Waals surface area contributed by atoms with Crippen molar-refractivity contribution in [2.24, 2.45) is 0 Å². The average Bonchev–Trinajstić information content (AvgIpc) is 2.73. The monoisotopic (exact) mass is 394 g/mol. The minimum atomic E-state index is -0.370. The summed E-state index contributed by atoms with van der Waals surface area (Å²) in [6, 6.07) is 17.1. The van der Waals surface area contributed by atoms with Crippen molar-refractivity contribution in [2.75, 3.05) is 6.61 Å². The van der Waals surface area contributed by atoms with E-state index in [0.717, 1.165) is 16.9 Å². The number of nitrogens with zero attached hydrogens (tertiary/aromatic N) is 1. The Labute approximate surface area is 169 Å². The van der Waals surface area contributed by atoms with E-state index in [4.69, 9.17) is 9.47 Å². The molecule has 1 heterocycles. The molecule has 2 aromatic carbocycles. The largest absolute Gasteiger partial charge is 0.494 e. The van der Waals surface area contributed by atoms with Crippen molar-refractivity contribution in [2.45, 2.75) is 26.3 Å². The quantitative estimate of drug-likeness (QED) is 0.573. The second-order valence-electron chi connectivity index (χ2n) is 6.38. The molecule has 29 heavy (non-hydrogen) atoms. The number of carbonyl (C=O) groups is 1. The van der Waals surface area contributed by atoms with Gasteiger partial charge < -0.3 is 14.8 Å². The van der Waals surface area contributed by atoms with Crippen LogP contribution in [0.3, 0.4) is 0 Å². The van der Waals surface area contributed by atoms with E-state index in [1.54, 1.807) is 24.4 Å². The van der Waals surface area contributed by atoms with E-state index < -0.39 is 0 Å². The van der Waals surface area contributed by atoms with E-state index in [1.807, 2.05) is 37.3 Å². The number of halogens is 1. The Hall–Kier alpha value is -3.41. The summed E-state index contributed by atoms with van der Waals surface area (Å²) in [7, 11) is 0. The van der Waals surface area contributed by atoms with Gasteiger partial charge >= 0.3 is 0 Å². The highest BCUT2D eigenvalue weighted by atomic mass is 19.1. The molecule has 5 nitrogen and oxygen atoms in total. The van der Waals surface area contributed by atoms with Crippen molar-refractivity contribution >= 4 is 5.91 Å². The van der Waals surface area contributed by atoms with Crippen LogP contribution in [0, 0.1) is 5.82 Å². The molecule has 0 aliphatic carbocycles. The molecule has 0 bridgehead atoms. The molecule has 3 aromatic rings. The zero-order valence-electron chi connectivity index (χ0n) is 16.2. The lowest BCUT2D eigenvalue weighted by molar-refractivity contribution is -0.121. The maximum absolute atomic E-state index is 13.2. The van der Waals surface area contributed by atoms with Crippen LogP contribution in [-0.4, -0.2) is 17.5 Å². The first-order chi connectivity index (χ1) is 14.1. The number of aromatic nitrogens is 1. The van der Waals surface area contributed by atoms with Gasteiger partial charge in [-0.25, -0.2) is 9.37 Å². The number of ether oxygens (including phenoxy) is 2. The van der Waals surface area contributed by atoms with Crippen molar-refractivity contribution in [1.29, 1.82) is 0 Å². The van der Waals surface area contributed by atoms with Gasteiger partial charge in [-0.15, -0.1) is 0 Å². The normalized spacial score (nSPS) is 10.4. The predicted molar refractivity (Wildman–Crippen MR) is 108 cm³/mol. The SMILES string of the molecule is CCOc1ccccc1CCC(=O)NCc1ccc(Oc2cccc(F)c2)nc1. The van der Waals surface area contributed by atoms with Gasteiger partial charge in [0.05, 0.1) is 6.61 Å². The van der Waals surface area contributed by atoms with Crippen LogP contribution in [0.25, 0.3) is 0 Å². The summed E-state index contributed by atoms with van der Waals surface area (Å²) in [4.78, 5) is 16.4. The first kappa shape index (κ1) is 20.3. The van der Waals surface area contributed by atoms with Gasteiger partial charge in [0.25, 0.3) is 0 Å². The Morgan fingerprint density at radius 2 is 1.97 bits per heavy atom. The number of amides is 1. The molecule has 1 N–H and O–H groups in total. The molecule has 3 rings (SSSR count). The molecular weight excluding hydrogens is 371 g/mol. The van der Waals surface area contributed by atoms with Crippen LogP contribution in [0.2, 0.25) is 0 Å². The molecule has 0 radical (unpaired) electrons. The van der Waals surface area contributed by atoms with E-state index in [2.05, 4.69) is 10.3 Å². The summed E-state index contributed by atoms with van der Waals surface area (Å²) in [6.45, 7) is 2.90. The highest BCUT2D eigenvalue weighted by molar-refractivity contribution is 5.76. The molecule has 0 fully saturated rings. The molecular formula is C23H23FN2O3. The highest BCUT2D eigenvalue weighted by Gasteiger charge is 2.07. The molecule has 0 saturated heterocycles. The maximum Gasteiger partial charge on any atom is 0.220 e. The fraction of sp³-hybridized carbons (Fsp3) is 0.217. The Kier molecular flexibility index (Phi) is 7.16. The van der Waals surface area contributed by atoms with Crippen molar-refractivity contribution in [3.63, 3.8) is 0 Å². The van der Waals surface area contributed by atoms with Crippen LogP contribution in [-0.2, 0) is 17.8 Å². The number of pyridine rings is 1. The average molecular weight is 394 g/mol. The molecule has 6 heteroatoms. The van der Waals surface area contributed by atoms with Gasteiger partial charge in [0.15, 0.2) is 0 Å². The van der Waals surface area contributed by atoms with Crippen molar-refractivity contribution in [3.8, 4) is 17.4 Å². The van der Waals surface area contributed by atoms with Gasteiger partial charge in [-0.1, -0.05) is 30.3 Å². The second kappa shape index (κ2) is 10.2. The summed E-state index contributed by atoms with van der Waals surface area (Å²) in [5, 5.41) is 2.89. The van der Waals surface area contributed by atoms with Gasteiger partial charge in [-0.3, -0.25) is 4.79 Å². The minimum Gasteiger partial charge on any atom is -0.494 e. The minimum absolute atomic E-state index is 0.0450. The van der Waals surface area contributed by atoms with E-state index in [9.17, 15) is 9.18 Å². The Balaban J connectivity index is 1.47. The first-order valence-corrected chi connectivity index (χ1v) is 9.50. The molecule has 0 atom stereocenters. The lowest BCUT2D eigenvalue weighted by atomic mass is 10.1. The lowest BCUT2D eigenvalue weighted by Crippen LogP contribution is -2.23. The smallest absolute Gasteiger partial charge is 0.220 e. The van der Waals surface area contributed by atoms with Crippen LogP contribution in [0.15, 0.2) is 66.9 Å². The first-order valence-electron chi connectivity index (χ1n) is 9.50. The van der Waals surface area contributed by atoms with Gasteiger partial charge in [0.2, 0.25) is 11.8 Å². The summed E-state index contributed by atoms with van der Waals surface area (Å²) < 4.78 is 24.3. The Bertz CT molecular complexity index is 945. The molecule has 0 spiro atoms. The molecule has 0 saturated carbocycles. The number of hydrogen-bond acceptors (Lipinski definition) is 4. The topological polar surface area (TPSA) is 60.5 Å². The Morgan fingerprint density at radius 1 is 1.10 bits per heavy atom. The number of para-hydroxylation sites is 1. The fourth-order valence-electron chi connectivity index (χ4n) is 2.77. The predicted octanol–water partition coefficient (Wildman–Crippen LogP) is 4.66. The third-order valence-corrected chi connectivity index (χ3v) is 4.20. The van der Waals surface area contributed by atoms with Gasteiger partial charge in [-0.2, -0.15) is 0 Å². The van der Waals surface area contributed by atoms with Crippen LogP contribution in [0.4, 0.5) is 4.39 Å². The van der Waals surface area contributed by atoms with Gasteiger partial charge in [0.1, 0.15) is 17.3 Å². The molecule has 1 aromatic heterocycles. The van der Waals surface area contributed by atoms with Crippen LogP contribution >= 0.6 is 0 Å². The van der Waals surface area contributed by atoms with Crippen molar-refractivity contribution in [1.82, 2.24) is 10.3 Å². The van der Waals surface area contributed by atoms with Gasteiger partial charge in [-0.05, 0) is 42.7 Å².